The lowest BCUT2D eigenvalue weighted by Crippen LogP contribution is -2.31. The lowest BCUT2D eigenvalue weighted by Gasteiger charge is -2.20. The molecule has 0 saturated heterocycles. The molecular weight excluding hydrogens is 306 g/mol. The van der Waals surface area contributed by atoms with E-state index >= 15 is 0 Å². The van der Waals surface area contributed by atoms with E-state index in [1.165, 1.54) is 0 Å². The SMILES string of the molecule is CCn1ncc(Br)c1C(NN)c1ccc(C)nc1C. The van der Waals surface area contributed by atoms with Crippen molar-refractivity contribution in [3.8, 4) is 0 Å². The number of pyridine rings is 1. The van der Waals surface area contributed by atoms with Crippen molar-refractivity contribution in [2.24, 2.45) is 5.84 Å². The Kier molecular flexibility index (Phi) is 4.34. The molecular formula is C13H18BrN5. The van der Waals surface area contributed by atoms with Crippen LogP contribution in [0.5, 0.6) is 0 Å². The van der Waals surface area contributed by atoms with Crippen LogP contribution < -0.4 is 11.3 Å². The highest BCUT2D eigenvalue weighted by atomic mass is 79.9. The molecule has 0 aliphatic carbocycles. The van der Waals surface area contributed by atoms with Gasteiger partial charge in [0.15, 0.2) is 0 Å². The molecule has 0 spiro atoms. The van der Waals surface area contributed by atoms with Crippen molar-refractivity contribution in [3.05, 3.63) is 45.4 Å². The fraction of sp³-hybridized carbons (Fsp3) is 0.385. The van der Waals surface area contributed by atoms with Crippen LogP contribution >= 0.6 is 15.9 Å². The van der Waals surface area contributed by atoms with Crippen LogP contribution in [0.25, 0.3) is 0 Å². The topological polar surface area (TPSA) is 68.8 Å². The summed E-state index contributed by atoms with van der Waals surface area (Å²) in [7, 11) is 0. The maximum atomic E-state index is 5.76. The number of aromatic nitrogens is 3. The van der Waals surface area contributed by atoms with Gasteiger partial charge in [0.1, 0.15) is 0 Å². The zero-order valence-corrected chi connectivity index (χ0v) is 12.9. The van der Waals surface area contributed by atoms with E-state index in [0.717, 1.165) is 33.7 Å². The van der Waals surface area contributed by atoms with Crippen LogP contribution in [-0.2, 0) is 6.54 Å². The third-order valence-corrected chi connectivity index (χ3v) is 3.76. The summed E-state index contributed by atoms with van der Waals surface area (Å²) in [4.78, 5) is 4.50. The second-order valence-corrected chi connectivity index (χ2v) is 5.27. The molecule has 2 aromatic heterocycles. The smallest absolute Gasteiger partial charge is 0.0907 e. The van der Waals surface area contributed by atoms with E-state index in [1.807, 2.05) is 24.6 Å². The first-order chi connectivity index (χ1) is 9.08. The first-order valence-corrected chi connectivity index (χ1v) is 6.99. The van der Waals surface area contributed by atoms with Gasteiger partial charge in [0.2, 0.25) is 0 Å². The molecule has 5 nitrogen and oxygen atoms in total. The lowest BCUT2D eigenvalue weighted by molar-refractivity contribution is 0.539. The quantitative estimate of drug-likeness (QED) is 0.668. The fourth-order valence-corrected chi connectivity index (χ4v) is 2.75. The molecule has 19 heavy (non-hydrogen) atoms. The lowest BCUT2D eigenvalue weighted by atomic mass is 10.0. The Morgan fingerprint density at radius 3 is 2.74 bits per heavy atom. The average Bonchev–Trinajstić information content (AvgIpc) is 2.74. The molecule has 0 aliphatic heterocycles. The van der Waals surface area contributed by atoms with Gasteiger partial charge in [0.05, 0.1) is 22.4 Å². The fourth-order valence-electron chi connectivity index (χ4n) is 2.23. The van der Waals surface area contributed by atoms with Gasteiger partial charge in [-0.1, -0.05) is 6.07 Å². The minimum Gasteiger partial charge on any atom is -0.271 e. The van der Waals surface area contributed by atoms with Crippen molar-refractivity contribution in [1.82, 2.24) is 20.2 Å². The Bertz CT molecular complexity index is 578. The van der Waals surface area contributed by atoms with Crippen LogP contribution in [0.4, 0.5) is 0 Å². The van der Waals surface area contributed by atoms with Gasteiger partial charge in [-0.25, -0.2) is 5.43 Å². The molecule has 2 heterocycles. The highest BCUT2D eigenvalue weighted by molar-refractivity contribution is 9.10. The molecule has 0 saturated carbocycles. The Balaban J connectivity index is 2.52. The summed E-state index contributed by atoms with van der Waals surface area (Å²) in [5, 5.41) is 4.33. The molecule has 6 heteroatoms. The van der Waals surface area contributed by atoms with Gasteiger partial charge in [-0.3, -0.25) is 15.5 Å². The van der Waals surface area contributed by atoms with E-state index < -0.39 is 0 Å². The molecule has 1 unspecified atom stereocenters. The second-order valence-electron chi connectivity index (χ2n) is 4.42. The van der Waals surface area contributed by atoms with E-state index in [-0.39, 0.29) is 6.04 Å². The van der Waals surface area contributed by atoms with Crippen LogP contribution in [0.3, 0.4) is 0 Å². The number of hydrogen-bond donors (Lipinski definition) is 2. The Morgan fingerprint density at radius 1 is 1.42 bits per heavy atom. The number of nitrogens with zero attached hydrogens (tertiary/aromatic N) is 3. The van der Waals surface area contributed by atoms with Gasteiger partial charge in [-0.05, 0) is 48.3 Å². The first kappa shape index (κ1) is 14.2. The standard InChI is InChI=1S/C13H18BrN5/c1-4-19-13(11(14)7-16-19)12(18-15)10-6-5-8(2)17-9(10)3/h5-7,12,18H,4,15H2,1-3H3. The third-order valence-electron chi connectivity index (χ3n) is 3.15. The Labute approximate surface area is 121 Å². The highest BCUT2D eigenvalue weighted by Crippen LogP contribution is 2.29. The van der Waals surface area contributed by atoms with Crippen LogP contribution in [0.2, 0.25) is 0 Å². The van der Waals surface area contributed by atoms with Crippen molar-refractivity contribution in [3.63, 3.8) is 0 Å². The van der Waals surface area contributed by atoms with E-state index in [1.54, 1.807) is 6.20 Å². The highest BCUT2D eigenvalue weighted by Gasteiger charge is 2.22. The maximum Gasteiger partial charge on any atom is 0.0907 e. The molecule has 0 bridgehead atoms. The third kappa shape index (κ3) is 2.70. The molecule has 1 atom stereocenters. The molecule has 3 N–H and O–H groups in total. The van der Waals surface area contributed by atoms with Gasteiger partial charge in [0.25, 0.3) is 0 Å². The number of hydrazine groups is 1. The second kappa shape index (κ2) is 5.81. The van der Waals surface area contributed by atoms with Crippen molar-refractivity contribution < 1.29 is 0 Å². The van der Waals surface area contributed by atoms with Crippen LogP contribution in [0.1, 0.15) is 35.6 Å². The predicted octanol–water partition coefficient (Wildman–Crippen LogP) is 2.23. The number of halogens is 1. The first-order valence-electron chi connectivity index (χ1n) is 6.20. The minimum absolute atomic E-state index is 0.134. The number of aryl methyl sites for hydroxylation is 3. The van der Waals surface area contributed by atoms with Gasteiger partial charge in [-0.15, -0.1) is 0 Å². The summed E-state index contributed by atoms with van der Waals surface area (Å²) in [6.45, 7) is 6.81. The van der Waals surface area contributed by atoms with Crippen LogP contribution in [0, 0.1) is 13.8 Å². The van der Waals surface area contributed by atoms with Crippen molar-refractivity contribution in [2.75, 3.05) is 0 Å². The van der Waals surface area contributed by atoms with Crippen molar-refractivity contribution >= 4 is 15.9 Å². The van der Waals surface area contributed by atoms with Gasteiger partial charge >= 0.3 is 0 Å². The van der Waals surface area contributed by atoms with Crippen molar-refractivity contribution in [2.45, 2.75) is 33.4 Å². The summed E-state index contributed by atoms with van der Waals surface area (Å²) in [6.07, 6.45) is 1.79. The van der Waals surface area contributed by atoms with E-state index in [2.05, 4.69) is 44.4 Å². The largest absolute Gasteiger partial charge is 0.271 e. The van der Waals surface area contributed by atoms with Gasteiger partial charge in [0, 0.05) is 17.9 Å². The van der Waals surface area contributed by atoms with E-state index in [0.29, 0.717) is 0 Å². The molecule has 0 fully saturated rings. The average molecular weight is 324 g/mol. The van der Waals surface area contributed by atoms with E-state index in [9.17, 15) is 0 Å². The van der Waals surface area contributed by atoms with Gasteiger partial charge < -0.3 is 0 Å². The monoisotopic (exact) mass is 323 g/mol. The number of hydrogen-bond acceptors (Lipinski definition) is 4. The van der Waals surface area contributed by atoms with Crippen LogP contribution in [0.15, 0.2) is 22.8 Å². The molecule has 2 aromatic rings. The summed E-state index contributed by atoms with van der Waals surface area (Å²) in [5.74, 6) is 5.76. The van der Waals surface area contributed by atoms with Crippen LogP contribution in [-0.4, -0.2) is 14.8 Å². The summed E-state index contributed by atoms with van der Waals surface area (Å²) in [5.41, 5.74) is 6.91. The molecule has 0 radical (unpaired) electrons. The summed E-state index contributed by atoms with van der Waals surface area (Å²) >= 11 is 3.54. The van der Waals surface area contributed by atoms with Crippen molar-refractivity contribution in [1.29, 1.82) is 0 Å². The number of nitrogens with two attached hydrogens (primary N) is 1. The Morgan fingerprint density at radius 2 is 2.16 bits per heavy atom. The molecule has 0 aliphatic rings. The minimum atomic E-state index is -0.134. The van der Waals surface area contributed by atoms with E-state index in [4.69, 9.17) is 5.84 Å². The molecule has 0 aromatic carbocycles. The molecule has 2 rings (SSSR count). The summed E-state index contributed by atoms with van der Waals surface area (Å²) < 4.78 is 2.87. The number of nitrogens with one attached hydrogen (secondary N) is 1. The zero-order valence-electron chi connectivity index (χ0n) is 11.3. The number of rotatable bonds is 4. The maximum absolute atomic E-state index is 5.76. The zero-order chi connectivity index (χ0) is 14.0. The normalized spacial score (nSPS) is 12.7. The van der Waals surface area contributed by atoms with Gasteiger partial charge in [-0.2, -0.15) is 5.10 Å². The molecule has 0 amide bonds. The predicted molar refractivity (Wildman–Crippen MR) is 78.5 cm³/mol. The molecule has 102 valence electrons. The Hall–Kier alpha value is -1.24. The summed E-state index contributed by atoms with van der Waals surface area (Å²) in [6, 6.07) is 3.92.